The van der Waals surface area contributed by atoms with Crippen molar-refractivity contribution >= 4 is 50.3 Å². The normalized spacial score (nSPS) is 11.2. The largest absolute Gasteiger partial charge is 0.506 e. The lowest BCUT2D eigenvalue weighted by molar-refractivity contribution is 0.0959. The van der Waals surface area contributed by atoms with Crippen molar-refractivity contribution in [3.05, 3.63) is 54.1 Å². The number of phenolic OH excluding ortho intramolecular Hbond substituents is 1. The Hall–Kier alpha value is -2.92. The summed E-state index contributed by atoms with van der Waals surface area (Å²) >= 11 is 5.61. The fourth-order valence-electron chi connectivity index (χ4n) is 2.87. The zero-order valence-electron chi connectivity index (χ0n) is 12.5. The molecule has 0 bridgehead atoms. The minimum absolute atomic E-state index is 0.0619. The summed E-state index contributed by atoms with van der Waals surface area (Å²) in [5.74, 6) is -0.604. The molecule has 1 amide bonds. The highest BCUT2D eigenvalue weighted by Crippen LogP contribution is 2.36. The number of carbonyl (C=O) groups excluding carboxylic acids is 1. The van der Waals surface area contributed by atoms with Crippen LogP contribution in [0.2, 0.25) is 0 Å². The van der Waals surface area contributed by atoms with E-state index in [2.05, 4.69) is 15.3 Å². The Morgan fingerprint density at radius 2 is 1.54 bits per heavy atom. The molecule has 5 nitrogen and oxygen atoms in total. The predicted octanol–water partition coefficient (Wildman–Crippen LogP) is 3.57. The van der Waals surface area contributed by atoms with Crippen LogP contribution in [0, 0.1) is 0 Å². The number of carbonyl (C=O) groups is 1. The fraction of sp³-hybridized carbons (Fsp3) is 0.0556. The number of benzene rings is 3. The van der Waals surface area contributed by atoms with Crippen LogP contribution in [0.5, 0.6) is 5.75 Å². The summed E-state index contributed by atoms with van der Waals surface area (Å²) in [5.41, 5.74) is 2.39. The molecule has 2 N–H and O–H groups in total. The molecule has 4 rings (SSSR count). The van der Waals surface area contributed by atoms with E-state index in [9.17, 15) is 9.90 Å². The molecule has 1 heterocycles. The lowest BCUT2D eigenvalue weighted by Crippen LogP contribution is -2.22. The standard InChI is InChI=1S/C18H12ClN3O2/c19-9-20-18(24)14-16-15(10-5-1-2-6-11(10)17(14)23)21-12-7-3-4-8-13(12)22-16/h1-8,23H,9H2,(H,20,24). The average Bonchev–Trinajstić information content (AvgIpc) is 2.61. The van der Waals surface area contributed by atoms with Gasteiger partial charge in [0.2, 0.25) is 0 Å². The molecular weight excluding hydrogens is 326 g/mol. The highest BCUT2D eigenvalue weighted by atomic mass is 35.5. The van der Waals surface area contributed by atoms with E-state index < -0.39 is 5.91 Å². The van der Waals surface area contributed by atoms with E-state index in [1.807, 2.05) is 36.4 Å². The number of phenols is 1. The van der Waals surface area contributed by atoms with Crippen LogP contribution in [0.4, 0.5) is 0 Å². The van der Waals surface area contributed by atoms with Gasteiger partial charge >= 0.3 is 0 Å². The first kappa shape index (κ1) is 14.7. The highest BCUT2D eigenvalue weighted by molar-refractivity contribution is 6.22. The third-order valence-electron chi connectivity index (χ3n) is 3.94. The van der Waals surface area contributed by atoms with Crippen LogP contribution in [0.3, 0.4) is 0 Å². The average molecular weight is 338 g/mol. The van der Waals surface area contributed by atoms with E-state index in [0.717, 1.165) is 10.9 Å². The van der Waals surface area contributed by atoms with Gasteiger partial charge in [-0.05, 0) is 12.1 Å². The van der Waals surface area contributed by atoms with E-state index in [1.54, 1.807) is 12.1 Å². The summed E-state index contributed by atoms with van der Waals surface area (Å²) in [6.07, 6.45) is 0. The molecule has 0 saturated heterocycles. The summed E-state index contributed by atoms with van der Waals surface area (Å²) in [6.45, 7) is 0. The van der Waals surface area contributed by atoms with E-state index in [-0.39, 0.29) is 17.3 Å². The minimum atomic E-state index is -0.483. The molecule has 4 aromatic rings. The Morgan fingerprint density at radius 1 is 0.958 bits per heavy atom. The van der Waals surface area contributed by atoms with Gasteiger partial charge in [0, 0.05) is 10.8 Å². The Labute approximate surface area is 141 Å². The molecule has 0 aliphatic carbocycles. The zero-order valence-corrected chi connectivity index (χ0v) is 13.2. The molecule has 3 aromatic carbocycles. The van der Waals surface area contributed by atoms with Gasteiger partial charge in [-0.1, -0.05) is 36.4 Å². The number of rotatable bonds is 2. The topological polar surface area (TPSA) is 75.1 Å². The number of nitrogens with zero attached hydrogens (tertiary/aromatic N) is 2. The second-order valence-electron chi connectivity index (χ2n) is 5.32. The van der Waals surface area contributed by atoms with Crippen molar-refractivity contribution in [2.75, 3.05) is 6.00 Å². The Morgan fingerprint density at radius 3 is 2.21 bits per heavy atom. The molecule has 1 aromatic heterocycles. The number of hydrogen-bond acceptors (Lipinski definition) is 4. The SMILES string of the molecule is O=C(NCCl)c1c(O)c2ccccc2c2nc3ccccc3nc12. The van der Waals surface area contributed by atoms with Gasteiger partial charge in [0.1, 0.15) is 16.8 Å². The van der Waals surface area contributed by atoms with Crippen molar-refractivity contribution in [3.8, 4) is 5.75 Å². The van der Waals surface area contributed by atoms with Crippen molar-refractivity contribution in [3.63, 3.8) is 0 Å². The summed E-state index contributed by atoms with van der Waals surface area (Å²) in [4.78, 5) is 21.7. The maximum absolute atomic E-state index is 12.4. The summed E-state index contributed by atoms with van der Waals surface area (Å²) in [5, 5.41) is 14.4. The highest BCUT2D eigenvalue weighted by Gasteiger charge is 2.21. The van der Waals surface area contributed by atoms with Crippen LogP contribution in [-0.4, -0.2) is 27.0 Å². The van der Waals surface area contributed by atoms with Crippen LogP contribution >= 0.6 is 11.6 Å². The quantitative estimate of drug-likeness (QED) is 0.254. The number of nitrogens with one attached hydrogen (secondary N) is 1. The van der Waals surface area contributed by atoms with Crippen molar-refractivity contribution < 1.29 is 9.90 Å². The van der Waals surface area contributed by atoms with Crippen LogP contribution in [0.15, 0.2) is 48.5 Å². The first-order chi connectivity index (χ1) is 11.7. The number of aromatic hydroxyl groups is 1. The number of para-hydroxylation sites is 2. The van der Waals surface area contributed by atoms with Crippen molar-refractivity contribution in [1.82, 2.24) is 15.3 Å². The number of alkyl halides is 1. The van der Waals surface area contributed by atoms with Crippen molar-refractivity contribution in [2.24, 2.45) is 0 Å². The molecular formula is C18H12ClN3O2. The maximum atomic E-state index is 12.4. The zero-order chi connectivity index (χ0) is 16.7. The van der Waals surface area contributed by atoms with Crippen LogP contribution in [0.1, 0.15) is 10.4 Å². The van der Waals surface area contributed by atoms with Crippen LogP contribution in [-0.2, 0) is 0 Å². The summed E-state index contributed by atoms with van der Waals surface area (Å²) in [7, 11) is 0. The van der Waals surface area contributed by atoms with Gasteiger partial charge in [-0.15, -0.1) is 11.6 Å². The molecule has 24 heavy (non-hydrogen) atoms. The minimum Gasteiger partial charge on any atom is -0.506 e. The number of fused-ring (bicyclic) bond motifs is 4. The molecule has 118 valence electrons. The fourth-order valence-corrected chi connectivity index (χ4v) is 2.99. The number of aromatic nitrogens is 2. The van der Waals surface area contributed by atoms with Crippen LogP contribution < -0.4 is 5.32 Å². The van der Waals surface area contributed by atoms with Gasteiger partial charge in [0.05, 0.1) is 22.6 Å². The van der Waals surface area contributed by atoms with Gasteiger partial charge < -0.3 is 10.4 Å². The number of halogens is 1. The predicted molar refractivity (Wildman–Crippen MR) is 94.4 cm³/mol. The number of amides is 1. The van der Waals surface area contributed by atoms with Gasteiger partial charge in [0.25, 0.3) is 5.91 Å². The van der Waals surface area contributed by atoms with E-state index in [1.165, 1.54) is 0 Å². The second-order valence-corrected chi connectivity index (χ2v) is 5.59. The van der Waals surface area contributed by atoms with E-state index in [0.29, 0.717) is 21.9 Å². The van der Waals surface area contributed by atoms with Gasteiger partial charge in [-0.25, -0.2) is 9.97 Å². The van der Waals surface area contributed by atoms with Gasteiger partial charge in [-0.3, -0.25) is 4.79 Å². The smallest absolute Gasteiger partial charge is 0.258 e. The Balaban J connectivity index is 2.23. The Bertz CT molecular complexity index is 1110. The molecule has 0 aliphatic heterocycles. The van der Waals surface area contributed by atoms with Gasteiger partial charge in [-0.2, -0.15) is 0 Å². The molecule has 0 spiro atoms. The summed E-state index contributed by atoms with van der Waals surface area (Å²) < 4.78 is 0. The molecule has 0 radical (unpaired) electrons. The van der Waals surface area contributed by atoms with Crippen molar-refractivity contribution in [1.29, 1.82) is 0 Å². The third-order valence-corrected chi connectivity index (χ3v) is 4.07. The molecule has 0 atom stereocenters. The Kier molecular flexibility index (Phi) is 3.43. The lowest BCUT2D eigenvalue weighted by atomic mass is 10.0. The van der Waals surface area contributed by atoms with Crippen LogP contribution in [0.25, 0.3) is 32.8 Å². The maximum Gasteiger partial charge on any atom is 0.258 e. The lowest BCUT2D eigenvalue weighted by Gasteiger charge is -2.12. The molecule has 6 heteroatoms. The van der Waals surface area contributed by atoms with Crippen molar-refractivity contribution in [2.45, 2.75) is 0 Å². The molecule has 0 aliphatic rings. The third kappa shape index (κ3) is 2.13. The second kappa shape index (κ2) is 5.62. The molecule has 0 fully saturated rings. The monoisotopic (exact) mass is 337 g/mol. The van der Waals surface area contributed by atoms with Gasteiger partial charge in [0.15, 0.2) is 0 Å². The first-order valence-electron chi connectivity index (χ1n) is 7.35. The molecule has 0 saturated carbocycles. The first-order valence-corrected chi connectivity index (χ1v) is 7.88. The van der Waals surface area contributed by atoms with E-state index >= 15 is 0 Å². The molecule has 0 unspecified atom stereocenters. The number of hydrogen-bond donors (Lipinski definition) is 2. The van der Waals surface area contributed by atoms with E-state index in [4.69, 9.17) is 11.6 Å². The summed E-state index contributed by atoms with van der Waals surface area (Å²) in [6, 6.07) is 14.6.